The molecule has 3 nitrogen and oxygen atoms in total. The van der Waals surface area contributed by atoms with Gasteiger partial charge in [-0.1, -0.05) is 36.4 Å². The number of ether oxygens (including phenoxy) is 1. The van der Waals surface area contributed by atoms with Crippen LogP contribution in [0.5, 0.6) is 5.75 Å². The van der Waals surface area contributed by atoms with Crippen LogP contribution in [0, 0.1) is 6.92 Å². The lowest BCUT2D eigenvalue weighted by molar-refractivity contribution is -0.120. The number of methoxy groups -OCH3 is 1. The minimum atomic E-state index is 0.113. The van der Waals surface area contributed by atoms with Crippen molar-refractivity contribution in [2.75, 3.05) is 19.4 Å². The van der Waals surface area contributed by atoms with E-state index in [-0.39, 0.29) is 5.91 Å². The van der Waals surface area contributed by atoms with Crippen LogP contribution in [0.3, 0.4) is 0 Å². The second-order valence-corrected chi connectivity index (χ2v) is 6.78. The molecule has 4 heteroatoms. The minimum absolute atomic E-state index is 0.113. The number of thioether (sulfide) groups is 1. The molecule has 2 aromatic rings. The van der Waals surface area contributed by atoms with Crippen molar-refractivity contribution in [2.24, 2.45) is 0 Å². The summed E-state index contributed by atoms with van der Waals surface area (Å²) >= 11 is 1.85. The Labute approximate surface area is 148 Å². The third-order valence-electron chi connectivity index (χ3n) is 3.89. The molecule has 0 aliphatic rings. The number of hydrogen-bond donors (Lipinski definition) is 1. The molecule has 1 N–H and O–H groups in total. The van der Waals surface area contributed by atoms with Gasteiger partial charge in [0.25, 0.3) is 0 Å². The number of carbonyl (C=O) groups is 1. The molecule has 0 heterocycles. The van der Waals surface area contributed by atoms with Gasteiger partial charge in [-0.3, -0.25) is 4.79 Å². The Morgan fingerprint density at radius 1 is 1.12 bits per heavy atom. The zero-order valence-electron chi connectivity index (χ0n) is 14.4. The smallest absolute Gasteiger partial charge is 0.220 e. The van der Waals surface area contributed by atoms with E-state index in [2.05, 4.69) is 36.5 Å². The van der Waals surface area contributed by atoms with E-state index in [4.69, 9.17) is 4.74 Å². The van der Waals surface area contributed by atoms with Gasteiger partial charge in [0.15, 0.2) is 0 Å². The normalized spacial score (nSPS) is 10.4. The number of benzene rings is 2. The highest BCUT2D eigenvalue weighted by Gasteiger charge is 2.03. The van der Waals surface area contributed by atoms with Crippen molar-refractivity contribution in [1.82, 2.24) is 5.32 Å². The number of amides is 1. The van der Waals surface area contributed by atoms with Crippen molar-refractivity contribution < 1.29 is 9.53 Å². The summed E-state index contributed by atoms with van der Waals surface area (Å²) in [4.78, 5) is 11.9. The third kappa shape index (κ3) is 6.28. The lowest BCUT2D eigenvalue weighted by atomic mass is 10.1. The second-order valence-electron chi connectivity index (χ2n) is 5.68. The van der Waals surface area contributed by atoms with Crippen molar-refractivity contribution >= 4 is 17.7 Å². The van der Waals surface area contributed by atoms with Crippen LogP contribution in [0.2, 0.25) is 0 Å². The van der Waals surface area contributed by atoms with E-state index in [0.29, 0.717) is 6.42 Å². The average molecular weight is 343 g/mol. The fourth-order valence-electron chi connectivity index (χ4n) is 2.36. The first-order valence-corrected chi connectivity index (χ1v) is 9.36. The van der Waals surface area contributed by atoms with Gasteiger partial charge in [0.05, 0.1) is 7.11 Å². The number of rotatable bonds is 9. The van der Waals surface area contributed by atoms with Crippen LogP contribution in [0.1, 0.15) is 23.1 Å². The lowest BCUT2D eigenvalue weighted by Gasteiger charge is -2.07. The molecular weight excluding hydrogens is 318 g/mol. The highest BCUT2D eigenvalue weighted by molar-refractivity contribution is 7.98. The fourth-order valence-corrected chi connectivity index (χ4v) is 3.29. The topological polar surface area (TPSA) is 38.3 Å². The molecule has 0 atom stereocenters. The molecule has 0 aromatic heterocycles. The minimum Gasteiger partial charge on any atom is -0.497 e. The van der Waals surface area contributed by atoms with Gasteiger partial charge in [0, 0.05) is 24.5 Å². The fraction of sp³-hybridized carbons (Fsp3) is 0.350. The van der Waals surface area contributed by atoms with Crippen LogP contribution < -0.4 is 10.1 Å². The van der Waals surface area contributed by atoms with E-state index in [1.807, 2.05) is 36.0 Å². The van der Waals surface area contributed by atoms with Gasteiger partial charge in [-0.05, 0) is 42.2 Å². The highest BCUT2D eigenvalue weighted by Crippen LogP contribution is 2.15. The first kappa shape index (κ1) is 18.4. The SMILES string of the molecule is COc1ccc(CCC(=O)NCCSCc2ccccc2C)cc1. The zero-order valence-corrected chi connectivity index (χ0v) is 15.2. The number of nitrogens with one attached hydrogen (secondary N) is 1. The molecule has 128 valence electrons. The Morgan fingerprint density at radius 3 is 2.58 bits per heavy atom. The summed E-state index contributed by atoms with van der Waals surface area (Å²) in [5.74, 6) is 2.88. The van der Waals surface area contributed by atoms with Gasteiger partial charge in [-0.25, -0.2) is 0 Å². The molecule has 24 heavy (non-hydrogen) atoms. The summed E-state index contributed by atoms with van der Waals surface area (Å²) < 4.78 is 5.13. The predicted octanol–water partition coefficient (Wildman–Crippen LogP) is 3.99. The predicted molar refractivity (Wildman–Crippen MR) is 102 cm³/mol. The Hall–Kier alpha value is -1.94. The second kappa shape index (κ2) is 10.0. The van der Waals surface area contributed by atoms with E-state index in [0.717, 1.165) is 35.8 Å². The first-order valence-electron chi connectivity index (χ1n) is 8.21. The molecular formula is C20H25NO2S. The summed E-state index contributed by atoms with van der Waals surface area (Å²) in [7, 11) is 1.65. The Balaban J connectivity index is 1.58. The molecule has 2 aromatic carbocycles. The maximum absolute atomic E-state index is 11.9. The summed E-state index contributed by atoms with van der Waals surface area (Å²) in [6.07, 6.45) is 1.28. The van der Waals surface area contributed by atoms with Crippen molar-refractivity contribution in [2.45, 2.75) is 25.5 Å². The van der Waals surface area contributed by atoms with Crippen molar-refractivity contribution in [3.63, 3.8) is 0 Å². The van der Waals surface area contributed by atoms with Gasteiger partial charge in [0.1, 0.15) is 5.75 Å². The van der Waals surface area contributed by atoms with E-state index in [9.17, 15) is 4.79 Å². The molecule has 0 aliphatic heterocycles. The van der Waals surface area contributed by atoms with Gasteiger partial charge in [0.2, 0.25) is 5.91 Å². The summed E-state index contributed by atoms with van der Waals surface area (Å²) in [6.45, 7) is 2.86. The van der Waals surface area contributed by atoms with Crippen LogP contribution in [0.4, 0.5) is 0 Å². The summed E-state index contributed by atoms with van der Waals surface area (Å²) in [6, 6.07) is 16.3. The Morgan fingerprint density at radius 2 is 1.88 bits per heavy atom. The summed E-state index contributed by atoms with van der Waals surface area (Å²) in [5.41, 5.74) is 3.85. The molecule has 0 bridgehead atoms. The molecule has 0 aliphatic carbocycles. The quantitative estimate of drug-likeness (QED) is 0.700. The van der Waals surface area contributed by atoms with E-state index in [1.54, 1.807) is 7.11 Å². The Bertz CT molecular complexity index is 640. The van der Waals surface area contributed by atoms with E-state index < -0.39 is 0 Å². The maximum atomic E-state index is 11.9. The maximum Gasteiger partial charge on any atom is 0.220 e. The van der Waals surface area contributed by atoms with E-state index in [1.165, 1.54) is 11.1 Å². The molecule has 0 unspecified atom stereocenters. The van der Waals surface area contributed by atoms with Crippen LogP contribution in [-0.2, 0) is 17.0 Å². The van der Waals surface area contributed by atoms with E-state index >= 15 is 0 Å². The number of aryl methyl sites for hydroxylation is 2. The monoisotopic (exact) mass is 343 g/mol. The third-order valence-corrected chi connectivity index (χ3v) is 4.90. The highest BCUT2D eigenvalue weighted by atomic mass is 32.2. The van der Waals surface area contributed by atoms with Crippen LogP contribution in [0.15, 0.2) is 48.5 Å². The molecule has 1 amide bonds. The van der Waals surface area contributed by atoms with Gasteiger partial charge in [-0.2, -0.15) is 11.8 Å². The van der Waals surface area contributed by atoms with Crippen LogP contribution >= 0.6 is 11.8 Å². The lowest BCUT2D eigenvalue weighted by Crippen LogP contribution is -2.25. The standard InChI is InChI=1S/C20H25NO2S/c1-16-5-3-4-6-18(16)15-24-14-13-21-20(22)12-9-17-7-10-19(23-2)11-8-17/h3-8,10-11H,9,12-15H2,1-2H3,(H,21,22). The molecule has 2 rings (SSSR count). The first-order chi connectivity index (χ1) is 11.7. The molecule has 0 spiro atoms. The van der Waals surface area contributed by atoms with Crippen LogP contribution in [-0.4, -0.2) is 25.3 Å². The molecule has 0 saturated heterocycles. The van der Waals surface area contributed by atoms with Gasteiger partial charge in [-0.15, -0.1) is 0 Å². The van der Waals surface area contributed by atoms with Gasteiger partial charge >= 0.3 is 0 Å². The number of hydrogen-bond acceptors (Lipinski definition) is 3. The van der Waals surface area contributed by atoms with Crippen molar-refractivity contribution in [3.05, 3.63) is 65.2 Å². The molecule has 0 saturated carbocycles. The van der Waals surface area contributed by atoms with Crippen molar-refractivity contribution in [1.29, 1.82) is 0 Å². The molecule has 0 fully saturated rings. The van der Waals surface area contributed by atoms with Crippen molar-refractivity contribution in [3.8, 4) is 5.75 Å². The average Bonchev–Trinajstić information content (AvgIpc) is 2.61. The summed E-state index contributed by atoms with van der Waals surface area (Å²) in [5, 5.41) is 2.99. The van der Waals surface area contributed by atoms with Crippen LogP contribution in [0.25, 0.3) is 0 Å². The zero-order chi connectivity index (χ0) is 17.2. The Kier molecular flexibility index (Phi) is 7.69. The largest absolute Gasteiger partial charge is 0.497 e. The van der Waals surface area contributed by atoms with Gasteiger partial charge < -0.3 is 10.1 Å². The molecule has 0 radical (unpaired) electrons. The number of carbonyl (C=O) groups excluding carboxylic acids is 1.